The molecule has 28 heavy (non-hydrogen) atoms. The van der Waals surface area contributed by atoms with Crippen molar-refractivity contribution in [3.8, 4) is 0 Å². The van der Waals surface area contributed by atoms with Crippen LogP contribution in [-0.2, 0) is 25.8 Å². The predicted octanol–water partition coefficient (Wildman–Crippen LogP) is 6.41. The molecule has 0 aromatic heterocycles. The fourth-order valence-electron chi connectivity index (χ4n) is 1.86. The summed E-state index contributed by atoms with van der Waals surface area (Å²) < 4.78 is 1.46. The maximum absolute atomic E-state index is 3.29. The van der Waals surface area contributed by atoms with E-state index in [1.807, 2.05) is 103 Å². The fourth-order valence-corrected chi connectivity index (χ4v) is 4.20. The van der Waals surface area contributed by atoms with E-state index in [4.69, 9.17) is 0 Å². The van der Waals surface area contributed by atoms with Gasteiger partial charge in [-0.05, 0) is 0 Å². The van der Waals surface area contributed by atoms with E-state index in [9.17, 15) is 0 Å². The van der Waals surface area contributed by atoms with Crippen LogP contribution in [-0.4, -0.2) is 13.3 Å². The zero-order chi connectivity index (χ0) is 19.6. The molecule has 0 saturated heterocycles. The van der Waals surface area contributed by atoms with Gasteiger partial charge in [-0.3, -0.25) is 0 Å². The Balaban J connectivity index is 0.000000356. The Kier molecular flexibility index (Phi) is 16.5. The summed E-state index contributed by atoms with van der Waals surface area (Å²) in [4.78, 5) is 0. The van der Waals surface area contributed by atoms with E-state index in [1.54, 1.807) is 0 Å². The second-order valence-electron chi connectivity index (χ2n) is 6.64. The quantitative estimate of drug-likeness (QED) is 0.177. The third kappa shape index (κ3) is 15.5. The van der Waals surface area contributed by atoms with Crippen molar-refractivity contribution in [1.82, 2.24) is 0 Å². The van der Waals surface area contributed by atoms with Gasteiger partial charge in [0.1, 0.15) is 0 Å². The van der Waals surface area contributed by atoms with Crippen LogP contribution in [0.3, 0.4) is 0 Å². The van der Waals surface area contributed by atoms with Gasteiger partial charge in [-0.1, -0.05) is 0 Å². The molecular formula is C26H28GeHf. The maximum Gasteiger partial charge on any atom is 4.00 e. The molecule has 2 heteroatoms. The molecule has 0 unspecified atom stereocenters. The fraction of sp³-hybridized carbons (Fsp3) is 0.115. The first kappa shape index (κ1) is 26.4. The Morgan fingerprint density at radius 3 is 1.25 bits per heavy atom. The van der Waals surface area contributed by atoms with E-state index < -0.39 is 13.3 Å². The molecule has 0 atom stereocenters. The molecule has 4 aromatic carbocycles. The van der Waals surface area contributed by atoms with Crippen molar-refractivity contribution in [2.75, 3.05) is 0 Å². The number of hydrogen-bond acceptors (Lipinski definition) is 0. The molecule has 4 aromatic rings. The average molecular weight is 592 g/mol. The molecule has 0 N–H and O–H groups in total. The average Bonchev–Trinajstić information content (AvgIpc) is 3.32. The summed E-state index contributed by atoms with van der Waals surface area (Å²) in [6.07, 6.45) is 0. The largest absolute Gasteiger partial charge is 4.00 e. The topological polar surface area (TPSA) is 0 Å². The third-order valence-corrected chi connectivity index (χ3v) is 7.33. The van der Waals surface area contributed by atoms with Crippen LogP contribution in [0.2, 0.25) is 17.3 Å². The summed E-state index contributed by atoms with van der Waals surface area (Å²) in [5.41, 5.74) is 0. The van der Waals surface area contributed by atoms with E-state index in [-0.39, 0.29) is 25.8 Å². The molecule has 4 rings (SSSR count). The summed E-state index contributed by atoms with van der Waals surface area (Å²) in [5, 5.41) is 0. The van der Waals surface area contributed by atoms with Crippen LogP contribution in [0.4, 0.5) is 0 Å². The summed E-state index contributed by atoms with van der Waals surface area (Å²) in [6.45, 7) is 0. The zero-order valence-corrected chi connectivity index (χ0v) is 22.7. The van der Waals surface area contributed by atoms with Crippen LogP contribution in [0, 0.1) is 18.2 Å². The SMILES string of the molecule is [CH3][Ge]([CH3])([CH3])[c]1[c-]cccc1.[Hf+4].[c-]1ccccc1.[c-]1ccccc1.c1cc[cH-]c1. The number of hydrogen-bond donors (Lipinski definition) is 0. The van der Waals surface area contributed by atoms with Crippen LogP contribution in [0.15, 0.2) is 115 Å². The number of rotatable bonds is 1. The zero-order valence-electron chi connectivity index (χ0n) is 17.0. The Bertz CT molecular complexity index is 644. The van der Waals surface area contributed by atoms with Crippen molar-refractivity contribution in [1.29, 1.82) is 0 Å². The minimum atomic E-state index is -1.55. The van der Waals surface area contributed by atoms with Crippen LogP contribution >= 0.6 is 0 Å². The Morgan fingerprint density at radius 1 is 0.607 bits per heavy atom. The monoisotopic (exact) mass is 594 g/mol. The molecule has 0 aliphatic rings. The van der Waals surface area contributed by atoms with Gasteiger partial charge < -0.3 is 0 Å². The van der Waals surface area contributed by atoms with Crippen molar-refractivity contribution in [2.24, 2.45) is 0 Å². The van der Waals surface area contributed by atoms with E-state index in [2.05, 4.69) is 47.6 Å². The molecule has 0 aliphatic heterocycles. The Morgan fingerprint density at radius 2 is 1.07 bits per heavy atom. The molecule has 140 valence electrons. The second-order valence-corrected chi connectivity index (χ2v) is 17.2. The van der Waals surface area contributed by atoms with Gasteiger partial charge >= 0.3 is 91.1 Å². The van der Waals surface area contributed by atoms with Crippen LogP contribution < -0.4 is 4.40 Å². The molecule has 0 radical (unpaired) electrons. The van der Waals surface area contributed by atoms with Gasteiger partial charge in [0.05, 0.1) is 0 Å². The minimum absolute atomic E-state index is 0. The molecule has 0 fully saturated rings. The molecule has 0 saturated carbocycles. The summed E-state index contributed by atoms with van der Waals surface area (Å²) in [7, 11) is 0. The van der Waals surface area contributed by atoms with Gasteiger partial charge in [0, 0.05) is 0 Å². The van der Waals surface area contributed by atoms with E-state index in [0.717, 1.165) is 0 Å². The van der Waals surface area contributed by atoms with Gasteiger partial charge in [-0.2, -0.15) is 91.0 Å². The van der Waals surface area contributed by atoms with Crippen LogP contribution in [0.25, 0.3) is 0 Å². The van der Waals surface area contributed by atoms with Gasteiger partial charge in [0.25, 0.3) is 0 Å². The summed E-state index contributed by atoms with van der Waals surface area (Å²) in [5.74, 6) is 7.14. The Hall–Kier alpha value is -1.58. The molecule has 0 bridgehead atoms. The first-order valence-corrected chi connectivity index (χ1v) is 16.4. The third-order valence-electron chi connectivity index (χ3n) is 3.29. The van der Waals surface area contributed by atoms with Gasteiger partial charge in [-0.15, -0.1) is 0 Å². The molecule has 0 nitrogen and oxygen atoms in total. The van der Waals surface area contributed by atoms with Gasteiger partial charge in [0.2, 0.25) is 0 Å². The van der Waals surface area contributed by atoms with Crippen molar-refractivity contribution in [2.45, 2.75) is 17.3 Å². The molecule has 0 spiro atoms. The van der Waals surface area contributed by atoms with Crippen molar-refractivity contribution in [3.63, 3.8) is 0 Å². The van der Waals surface area contributed by atoms with Crippen molar-refractivity contribution < 1.29 is 25.8 Å². The molecule has 0 amide bonds. The van der Waals surface area contributed by atoms with Gasteiger partial charge in [-0.25, -0.2) is 12.1 Å². The Labute approximate surface area is 193 Å². The second kappa shape index (κ2) is 17.5. The smallest absolute Gasteiger partial charge is 0.214 e. The summed E-state index contributed by atoms with van der Waals surface area (Å²) in [6, 6.07) is 46.6. The van der Waals surface area contributed by atoms with E-state index in [0.29, 0.717) is 0 Å². The van der Waals surface area contributed by atoms with Crippen molar-refractivity contribution >= 4 is 17.7 Å². The normalized spacial score (nSPS) is 8.96. The van der Waals surface area contributed by atoms with E-state index in [1.165, 1.54) is 4.40 Å². The molecular weight excluding hydrogens is 563 g/mol. The van der Waals surface area contributed by atoms with Crippen LogP contribution in [0.5, 0.6) is 0 Å². The molecule has 0 aliphatic carbocycles. The number of benzene rings is 3. The van der Waals surface area contributed by atoms with Crippen LogP contribution in [0.1, 0.15) is 0 Å². The predicted molar refractivity (Wildman–Crippen MR) is 121 cm³/mol. The van der Waals surface area contributed by atoms with Crippen molar-refractivity contribution in [3.05, 3.63) is 133 Å². The summed E-state index contributed by atoms with van der Waals surface area (Å²) >= 11 is -1.55. The maximum atomic E-state index is 3.29. The molecule has 0 heterocycles. The standard InChI is InChI=1S/C9H13Ge.2C6H5.C5H5.Hf/c1-10(2,3)9-7-5-4-6-8-9;2*1-2-4-6-5-3-1;1-2-4-5-3-1;/h4-7H,1-3H3;2*1-5H;1-5H;/q4*-1;+4. The van der Waals surface area contributed by atoms with E-state index >= 15 is 0 Å². The first-order valence-electron chi connectivity index (χ1n) is 9.07. The minimum Gasteiger partial charge on any atom is -0.214 e. The first-order chi connectivity index (χ1) is 13.1. The van der Waals surface area contributed by atoms with Gasteiger partial charge in [0.15, 0.2) is 0 Å².